The first-order valence-electron chi connectivity index (χ1n) is 16.3. The largest absolute Gasteiger partial charge is 0.481 e. The quantitative estimate of drug-likeness (QED) is 0.112. The van der Waals surface area contributed by atoms with Crippen molar-refractivity contribution in [2.24, 2.45) is 11.8 Å². The lowest BCUT2D eigenvalue weighted by atomic mass is 9.75. The molecule has 2 aliphatic rings. The number of carbonyl (C=O) groups is 4. The number of hydrogen-bond acceptors (Lipinski definition) is 8. The van der Waals surface area contributed by atoms with Crippen LogP contribution in [0, 0.1) is 22.0 Å². The van der Waals surface area contributed by atoms with Gasteiger partial charge in [-0.25, -0.2) is 9.59 Å². The molecule has 0 aromatic heterocycles. The van der Waals surface area contributed by atoms with E-state index < -0.39 is 36.2 Å². The molecule has 3 amide bonds. The van der Waals surface area contributed by atoms with E-state index in [1.807, 2.05) is 36.4 Å². The molecule has 1 saturated carbocycles. The van der Waals surface area contributed by atoms with Crippen molar-refractivity contribution in [3.05, 3.63) is 69.8 Å². The summed E-state index contributed by atoms with van der Waals surface area (Å²) in [4.78, 5) is 59.0. The average molecular weight is 653 g/mol. The zero-order chi connectivity index (χ0) is 33.8. The Kier molecular flexibility index (Phi) is 12.9. The van der Waals surface area contributed by atoms with Crippen LogP contribution < -0.4 is 16.0 Å². The topological polar surface area (TPSA) is 186 Å². The number of benzene rings is 2. The van der Waals surface area contributed by atoms with Gasteiger partial charge in [-0.15, -0.1) is 0 Å². The Morgan fingerprint density at radius 2 is 1.51 bits per heavy atom. The van der Waals surface area contributed by atoms with E-state index in [9.17, 15) is 29.3 Å². The Bertz CT molecular complexity index is 1370. The molecular formula is C34H44N4O9. The summed E-state index contributed by atoms with van der Waals surface area (Å²) in [6, 6.07) is 15.3. The monoisotopic (exact) mass is 652 g/mol. The maximum atomic E-state index is 12.5. The van der Waals surface area contributed by atoms with Gasteiger partial charge in [0.15, 0.2) is 0 Å². The molecular weight excluding hydrogens is 608 g/mol. The van der Waals surface area contributed by atoms with E-state index in [0.717, 1.165) is 22.3 Å². The van der Waals surface area contributed by atoms with Crippen LogP contribution in [0.4, 0.5) is 9.59 Å². The molecule has 0 heterocycles. The number of unbranched alkanes of at least 4 members (excludes halogenated alkanes) is 1. The predicted octanol–water partition coefficient (Wildman–Crippen LogP) is 4.85. The number of hydrogen-bond donors (Lipinski definition) is 4. The van der Waals surface area contributed by atoms with Crippen LogP contribution >= 0.6 is 0 Å². The second kappa shape index (κ2) is 17.3. The number of carboxylic acid groups (broad SMARTS) is 1. The Morgan fingerprint density at radius 3 is 2.15 bits per heavy atom. The van der Waals surface area contributed by atoms with Crippen molar-refractivity contribution in [1.29, 1.82) is 0 Å². The van der Waals surface area contributed by atoms with Crippen LogP contribution in [0.2, 0.25) is 0 Å². The van der Waals surface area contributed by atoms with Crippen molar-refractivity contribution in [2.45, 2.75) is 76.4 Å². The Labute approximate surface area is 273 Å². The van der Waals surface area contributed by atoms with Gasteiger partial charge in [0, 0.05) is 49.7 Å². The van der Waals surface area contributed by atoms with Crippen LogP contribution in [-0.2, 0) is 19.1 Å². The standard InChI is InChI=1S/C34H44N4O9/c1-22(28-19-23(15-16-30(28)38(44)45)20-37-31(39)13-6-7-14-32(40)41)47-34(43)36-18-8-17-35-33(42)46-21-29-26-11-4-2-9-24(26)25-10-3-5-12-27(25)29/h2-5,9-12,22-23,28-30H,6-8,13-21H2,1H3,(H,35,42)(H,36,43)(H,37,39)(H,40,41). The smallest absolute Gasteiger partial charge is 0.407 e. The van der Waals surface area contributed by atoms with E-state index in [2.05, 4.69) is 28.1 Å². The molecule has 47 heavy (non-hydrogen) atoms. The summed E-state index contributed by atoms with van der Waals surface area (Å²) in [5, 5.41) is 28.6. The summed E-state index contributed by atoms with van der Waals surface area (Å²) in [5.41, 5.74) is 4.54. The molecule has 4 unspecified atom stereocenters. The first kappa shape index (κ1) is 35.2. The van der Waals surface area contributed by atoms with Crippen LogP contribution in [0.1, 0.15) is 75.3 Å². The zero-order valence-electron chi connectivity index (χ0n) is 26.7. The molecule has 4 N–H and O–H groups in total. The Balaban J connectivity index is 1.13. The number of amides is 3. The molecule has 2 aromatic rings. The zero-order valence-corrected chi connectivity index (χ0v) is 26.7. The Morgan fingerprint density at radius 1 is 0.894 bits per heavy atom. The molecule has 2 aromatic carbocycles. The summed E-state index contributed by atoms with van der Waals surface area (Å²) < 4.78 is 11.0. The minimum absolute atomic E-state index is 0.00253. The molecule has 2 aliphatic carbocycles. The van der Waals surface area contributed by atoms with Gasteiger partial charge in [-0.3, -0.25) is 19.7 Å². The van der Waals surface area contributed by atoms with Crippen molar-refractivity contribution in [3.8, 4) is 11.1 Å². The van der Waals surface area contributed by atoms with Gasteiger partial charge >= 0.3 is 18.2 Å². The van der Waals surface area contributed by atoms with Crippen molar-refractivity contribution in [1.82, 2.24) is 16.0 Å². The predicted molar refractivity (Wildman–Crippen MR) is 172 cm³/mol. The van der Waals surface area contributed by atoms with E-state index in [-0.39, 0.29) is 55.2 Å². The lowest BCUT2D eigenvalue weighted by Crippen LogP contribution is -2.45. The van der Waals surface area contributed by atoms with E-state index in [1.165, 1.54) is 0 Å². The summed E-state index contributed by atoms with van der Waals surface area (Å²) in [6.07, 6.45) is 0.892. The fourth-order valence-electron chi connectivity index (χ4n) is 6.56. The van der Waals surface area contributed by atoms with Crippen molar-refractivity contribution >= 4 is 24.1 Å². The molecule has 0 saturated heterocycles. The van der Waals surface area contributed by atoms with Gasteiger partial charge in [0.25, 0.3) is 0 Å². The normalized spacial score (nSPS) is 19.0. The highest BCUT2D eigenvalue weighted by atomic mass is 16.6. The van der Waals surface area contributed by atoms with E-state index in [1.54, 1.807) is 6.92 Å². The molecule has 0 radical (unpaired) electrons. The van der Waals surface area contributed by atoms with Crippen LogP contribution in [0.25, 0.3) is 11.1 Å². The molecule has 254 valence electrons. The summed E-state index contributed by atoms with van der Waals surface area (Å²) >= 11 is 0. The fraction of sp³-hybridized carbons (Fsp3) is 0.529. The summed E-state index contributed by atoms with van der Waals surface area (Å²) in [5.74, 6) is -1.64. The number of nitrogens with zero attached hydrogens (tertiary/aromatic N) is 1. The number of ether oxygens (including phenoxy) is 2. The number of aliphatic carboxylic acids is 1. The van der Waals surface area contributed by atoms with E-state index >= 15 is 0 Å². The van der Waals surface area contributed by atoms with Crippen molar-refractivity contribution < 1.29 is 38.7 Å². The lowest BCUT2D eigenvalue weighted by molar-refractivity contribution is -0.538. The van der Waals surface area contributed by atoms with Gasteiger partial charge in [0.1, 0.15) is 12.7 Å². The number of alkyl carbamates (subject to hydrolysis) is 2. The molecule has 1 fully saturated rings. The number of carboxylic acids is 1. The summed E-state index contributed by atoms with van der Waals surface area (Å²) in [6.45, 7) is 2.69. The van der Waals surface area contributed by atoms with E-state index in [4.69, 9.17) is 14.6 Å². The third-order valence-corrected chi connectivity index (χ3v) is 9.01. The molecule has 13 heteroatoms. The molecule has 0 bridgehead atoms. The van der Waals surface area contributed by atoms with Gasteiger partial charge in [-0.05, 0) is 67.2 Å². The summed E-state index contributed by atoms with van der Waals surface area (Å²) in [7, 11) is 0. The number of fused-ring (bicyclic) bond motifs is 3. The highest BCUT2D eigenvalue weighted by Crippen LogP contribution is 2.44. The number of nitrogens with one attached hydrogen (secondary N) is 3. The maximum Gasteiger partial charge on any atom is 0.407 e. The third kappa shape index (κ3) is 10.2. The Hall–Kier alpha value is -4.68. The van der Waals surface area contributed by atoms with Crippen molar-refractivity contribution in [3.63, 3.8) is 0 Å². The number of carbonyl (C=O) groups excluding carboxylic acids is 3. The molecule has 4 rings (SSSR count). The van der Waals surface area contributed by atoms with Crippen LogP contribution in [0.5, 0.6) is 0 Å². The van der Waals surface area contributed by atoms with Gasteiger partial charge in [-0.2, -0.15) is 0 Å². The SMILES string of the molecule is CC(OC(=O)NCCCNC(=O)OCC1c2ccccc2-c2ccccc21)C1CC(CNC(=O)CCCCC(=O)O)CCC1[N+](=O)[O-]. The molecule has 0 aliphatic heterocycles. The van der Waals surface area contributed by atoms with Gasteiger partial charge in [0.05, 0.1) is 5.92 Å². The van der Waals surface area contributed by atoms with Crippen molar-refractivity contribution in [2.75, 3.05) is 26.2 Å². The lowest BCUT2D eigenvalue weighted by Gasteiger charge is -2.34. The number of rotatable bonds is 16. The van der Waals surface area contributed by atoms with Gasteiger partial charge in [-0.1, -0.05) is 48.5 Å². The second-order valence-electron chi connectivity index (χ2n) is 12.2. The number of nitro groups is 1. The highest BCUT2D eigenvalue weighted by molar-refractivity contribution is 5.79. The molecule has 4 atom stereocenters. The third-order valence-electron chi connectivity index (χ3n) is 9.01. The average Bonchev–Trinajstić information content (AvgIpc) is 3.37. The minimum atomic E-state index is -0.896. The maximum absolute atomic E-state index is 12.5. The van der Waals surface area contributed by atoms with Crippen LogP contribution in [0.15, 0.2) is 48.5 Å². The van der Waals surface area contributed by atoms with Crippen LogP contribution in [0.3, 0.4) is 0 Å². The van der Waals surface area contributed by atoms with Crippen LogP contribution in [-0.4, -0.2) is 72.5 Å². The first-order valence-corrected chi connectivity index (χ1v) is 16.3. The molecule has 13 nitrogen and oxygen atoms in total. The van der Waals surface area contributed by atoms with Gasteiger partial charge < -0.3 is 30.5 Å². The molecule has 0 spiro atoms. The highest BCUT2D eigenvalue weighted by Gasteiger charge is 2.42. The first-order chi connectivity index (χ1) is 22.6. The van der Waals surface area contributed by atoms with Gasteiger partial charge in [0.2, 0.25) is 11.9 Å². The fourth-order valence-corrected chi connectivity index (χ4v) is 6.56. The van der Waals surface area contributed by atoms with E-state index in [0.29, 0.717) is 45.1 Å². The minimum Gasteiger partial charge on any atom is -0.481 e. The second-order valence-corrected chi connectivity index (χ2v) is 12.2.